The lowest BCUT2D eigenvalue weighted by molar-refractivity contribution is -0.140. The highest BCUT2D eigenvalue weighted by Gasteiger charge is 2.30. The van der Waals surface area contributed by atoms with Crippen LogP contribution in [0, 0.1) is 0 Å². The average molecular weight is 640 g/mol. The molecule has 1 fully saturated rings. The molecule has 2 unspecified atom stereocenters. The van der Waals surface area contributed by atoms with Crippen molar-refractivity contribution in [1.29, 1.82) is 0 Å². The minimum Gasteiger partial charge on any atom is -0.378 e. The molecular weight excluding hydrogens is 602 g/mol. The van der Waals surface area contributed by atoms with Gasteiger partial charge >= 0.3 is 0 Å². The van der Waals surface area contributed by atoms with Gasteiger partial charge in [-0.1, -0.05) is 84.9 Å². The maximum Gasteiger partial charge on any atom is 0.245 e. The summed E-state index contributed by atoms with van der Waals surface area (Å²) < 4.78 is 35.4. The van der Waals surface area contributed by atoms with Gasteiger partial charge in [0.1, 0.15) is 11.9 Å². The van der Waals surface area contributed by atoms with E-state index in [2.05, 4.69) is 20.3 Å². The zero-order valence-electron chi connectivity index (χ0n) is 25.4. The molecule has 2 atom stereocenters. The highest BCUT2D eigenvalue weighted by molar-refractivity contribution is 7.89. The fourth-order valence-electron chi connectivity index (χ4n) is 5.77. The molecular formula is C35H37N5O5S. The lowest BCUT2D eigenvalue weighted by Crippen LogP contribution is -2.53. The van der Waals surface area contributed by atoms with E-state index in [4.69, 9.17) is 4.74 Å². The lowest BCUT2D eigenvalue weighted by Gasteiger charge is -2.31. The van der Waals surface area contributed by atoms with E-state index in [1.165, 1.54) is 0 Å². The van der Waals surface area contributed by atoms with Crippen LogP contribution in [0.2, 0.25) is 0 Å². The number of ether oxygens (including phenoxy) is 1. The summed E-state index contributed by atoms with van der Waals surface area (Å²) in [4.78, 5) is 33.7. The number of amidine groups is 1. The number of morpholine rings is 1. The van der Waals surface area contributed by atoms with Gasteiger partial charge in [0.05, 0.1) is 30.7 Å². The van der Waals surface area contributed by atoms with E-state index < -0.39 is 28.0 Å². The molecule has 10 nitrogen and oxygen atoms in total. The molecule has 1 saturated heterocycles. The standard InChI is InChI=1S/C35H37N5O5S/c41-33(24-31(27-7-2-1-3-8-27)39-46(43,44)30-15-14-26-6-4-5-9-29(26)23-30)38-32(35(42)40-18-20-45-21-19-40)22-25-10-12-28(13-11-25)34-36-16-17-37-34/h1-15,23,31-32,39H,16-22,24H2,(H,36,37)(H,38,41). The number of hydrogen-bond acceptors (Lipinski definition) is 7. The number of carbonyl (C=O) groups excluding carboxylic acids is 2. The maximum absolute atomic E-state index is 13.7. The molecule has 2 amide bonds. The van der Waals surface area contributed by atoms with Gasteiger partial charge in [-0.15, -0.1) is 0 Å². The Labute approximate surface area is 268 Å². The summed E-state index contributed by atoms with van der Waals surface area (Å²) in [7, 11) is -4.00. The fraction of sp³-hybridized carbons (Fsp3) is 0.286. The Morgan fingerprint density at radius 2 is 1.61 bits per heavy atom. The molecule has 4 aromatic carbocycles. The summed E-state index contributed by atoms with van der Waals surface area (Å²) in [6.07, 6.45) is 0.0785. The molecule has 2 aliphatic rings. The van der Waals surface area contributed by atoms with Gasteiger partial charge in [0.25, 0.3) is 0 Å². The monoisotopic (exact) mass is 639 g/mol. The van der Waals surface area contributed by atoms with Crippen molar-refractivity contribution >= 4 is 38.4 Å². The van der Waals surface area contributed by atoms with E-state index >= 15 is 0 Å². The second kappa shape index (κ2) is 14.2. The molecule has 0 bridgehead atoms. The lowest BCUT2D eigenvalue weighted by atomic mass is 10.0. The molecule has 0 spiro atoms. The second-order valence-electron chi connectivity index (χ2n) is 11.4. The average Bonchev–Trinajstić information content (AvgIpc) is 3.63. The molecule has 0 saturated carbocycles. The molecule has 0 aromatic heterocycles. The van der Waals surface area contributed by atoms with Crippen LogP contribution in [0.15, 0.2) is 107 Å². The summed E-state index contributed by atoms with van der Waals surface area (Å²) in [6, 6.07) is 27.5. The minimum absolute atomic E-state index is 0.107. The first-order chi connectivity index (χ1) is 22.4. The SMILES string of the molecule is O=C(CC(NS(=O)(=O)c1ccc2ccccc2c1)c1ccccc1)NC(Cc1ccc(C2=NCCN2)cc1)C(=O)N1CCOCC1. The molecule has 2 aliphatic heterocycles. The van der Waals surface area contributed by atoms with Gasteiger partial charge < -0.3 is 20.3 Å². The third-order valence-corrected chi connectivity index (χ3v) is 9.69. The summed E-state index contributed by atoms with van der Waals surface area (Å²) in [5.74, 6) is 0.206. The van der Waals surface area contributed by atoms with Crippen LogP contribution >= 0.6 is 0 Å². The molecule has 238 valence electrons. The Morgan fingerprint density at radius 1 is 0.891 bits per heavy atom. The van der Waals surface area contributed by atoms with Crippen molar-refractivity contribution in [3.8, 4) is 0 Å². The van der Waals surface area contributed by atoms with E-state index in [1.807, 2.05) is 54.6 Å². The predicted molar refractivity (Wildman–Crippen MR) is 177 cm³/mol. The summed E-state index contributed by atoms with van der Waals surface area (Å²) in [5, 5.41) is 7.92. The van der Waals surface area contributed by atoms with Gasteiger partial charge in [-0.05, 0) is 34.0 Å². The largest absolute Gasteiger partial charge is 0.378 e. The molecule has 6 rings (SSSR count). The van der Waals surface area contributed by atoms with Crippen LogP contribution in [-0.4, -0.2) is 76.4 Å². The summed E-state index contributed by atoms with van der Waals surface area (Å²) in [5.41, 5.74) is 2.48. The first-order valence-corrected chi connectivity index (χ1v) is 16.9. The summed E-state index contributed by atoms with van der Waals surface area (Å²) >= 11 is 0. The highest BCUT2D eigenvalue weighted by Crippen LogP contribution is 2.24. The van der Waals surface area contributed by atoms with Crippen LogP contribution in [0.4, 0.5) is 0 Å². The van der Waals surface area contributed by atoms with Crippen molar-refractivity contribution in [2.75, 3.05) is 39.4 Å². The summed E-state index contributed by atoms with van der Waals surface area (Å²) in [6.45, 7) is 3.29. The van der Waals surface area contributed by atoms with Gasteiger partial charge in [0.2, 0.25) is 21.8 Å². The topological polar surface area (TPSA) is 129 Å². The molecule has 3 N–H and O–H groups in total. The van der Waals surface area contributed by atoms with Crippen LogP contribution in [0.3, 0.4) is 0 Å². The number of hydrogen-bond donors (Lipinski definition) is 3. The zero-order chi connectivity index (χ0) is 31.9. The first kappa shape index (κ1) is 31.4. The Kier molecular flexibility index (Phi) is 9.72. The maximum atomic E-state index is 13.7. The minimum atomic E-state index is -4.00. The van der Waals surface area contributed by atoms with Crippen LogP contribution in [-0.2, 0) is 30.8 Å². The number of benzene rings is 4. The third-order valence-electron chi connectivity index (χ3n) is 8.22. The van der Waals surface area contributed by atoms with Crippen LogP contribution < -0.4 is 15.4 Å². The van der Waals surface area contributed by atoms with Crippen LogP contribution in [0.25, 0.3) is 10.8 Å². The Bertz CT molecular complexity index is 1820. The zero-order valence-corrected chi connectivity index (χ0v) is 26.2. The van der Waals surface area contributed by atoms with Crippen molar-refractivity contribution in [2.24, 2.45) is 4.99 Å². The van der Waals surface area contributed by atoms with Gasteiger partial charge in [0.15, 0.2) is 0 Å². The molecule has 4 aromatic rings. The van der Waals surface area contributed by atoms with Gasteiger partial charge in [-0.2, -0.15) is 0 Å². The Hall–Kier alpha value is -4.58. The number of nitrogens with zero attached hydrogens (tertiary/aromatic N) is 2. The molecule has 2 heterocycles. The molecule has 46 heavy (non-hydrogen) atoms. The van der Waals surface area contributed by atoms with Crippen molar-refractivity contribution in [1.82, 2.24) is 20.3 Å². The van der Waals surface area contributed by atoms with Crippen molar-refractivity contribution in [3.05, 3.63) is 114 Å². The quantitative estimate of drug-likeness (QED) is 0.231. The van der Waals surface area contributed by atoms with E-state index in [0.29, 0.717) is 31.9 Å². The predicted octanol–water partition coefficient (Wildman–Crippen LogP) is 3.19. The number of fused-ring (bicyclic) bond motifs is 1. The fourth-order valence-corrected chi connectivity index (χ4v) is 7.03. The number of nitrogens with one attached hydrogen (secondary N) is 3. The number of amides is 2. The molecule has 11 heteroatoms. The van der Waals surface area contributed by atoms with Crippen molar-refractivity contribution < 1.29 is 22.7 Å². The van der Waals surface area contributed by atoms with E-state index in [-0.39, 0.29) is 23.6 Å². The molecule has 0 radical (unpaired) electrons. The second-order valence-corrected chi connectivity index (χ2v) is 13.1. The van der Waals surface area contributed by atoms with Crippen molar-refractivity contribution in [3.63, 3.8) is 0 Å². The number of sulfonamides is 1. The van der Waals surface area contributed by atoms with Gasteiger partial charge in [0, 0.05) is 38.0 Å². The normalized spacial score (nSPS) is 16.3. The smallest absolute Gasteiger partial charge is 0.245 e. The van der Waals surface area contributed by atoms with Crippen LogP contribution in [0.5, 0.6) is 0 Å². The van der Waals surface area contributed by atoms with Crippen LogP contribution in [0.1, 0.15) is 29.2 Å². The van der Waals surface area contributed by atoms with E-state index in [1.54, 1.807) is 47.4 Å². The van der Waals surface area contributed by atoms with Gasteiger partial charge in [-0.25, -0.2) is 13.1 Å². The Balaban J connectivity index is 1.21. The number of rotatable bonds is 11. The Morgan fingerprint density at radius 3 is 2.33 bits per heavy atom. The van der Waals surface area contributed by atoms with Gasteiger partial charge in [-0.3, -0.25) is 14.6 Å². The number of carbonyl (C=O) groups is 2. The number of aliphatic imine (C=N–C) groups is 1. The first-order valence-electron chi connectivity index (χ1n) is 15.5. The highest BCUT2D eigenvalue weighted by atomic mass is 32.2. The van der Waals surface area contributed by atoms with Crippen molar-refractivity contribution in [2.45, 2.75) is 29.8 Å². The van der Waals surface area contributed by atoms with E-state index in [0.717, 1.165) is 40.8 Å². The third kappa shape index (κ3) is 7.61. The van der Waals surface area contributed by atoms with E-state index in [9.17, 15) is 18.0 Å². The molecule has 0 aliphatic carbocycles.